The summed E-state index contributed by atoms with van der Waals surface area (Å²) in [6.45, 7) is 12.9. The van der Waals surface area contributed by atoms with Crippen molar-refractivity contribution in [3.63, 3.8) is 0 Å². The van der Waals surface area contributed by atoms with Gasteiger partial charge in [0, 0.05) is 12.2 Å². The van der Waals surface area contributed by atoms with E-state index in [1.54, 1.807) is 0 Å². The first-order valence-electron chi connectivity index (χ1n) is 10.5. The molecule has 0 saturated heterocycles. The van der Waals surface area contributed by atoms with Gasteiger partial charge in [0.1, 0.15) is 5.75 Å². The first kappa shape index (κ1) is 22.9. The molecule has 0 radical (unpaired) electrons. The minimum atomic E-state index is -0.258. The fourth-order valence-corrected chi connectivity index (χ4v) is 4.28. The predicted octanol–water partition coefficient (Wildman–Crippen LogP) is 5.40. The maximum absolute atomic E-state index is 12.4. The average molecular weight is 439 g/mol. The number of carbonyl (C=O) groups is 1. The Morgan fingerprint density at radius 3 is 2.52 bits per heavy atom. The number of hydrogen-bond acceptors (Lipinski definition) is 5. The lowest BCUT2D eigenvalue weighted by Gasteiger charge is -2.17. The monoisotopic (exact) mass is 438 g/mol. The van der Waals surface area contributed by atoms with Crippen LogP contribution in [0.2, 0.25) is 0 Å². The maximum atomic E-state index is 12.4. The second kappa shape index (κ2) is 10.0. The Morgan fingerprint density at radius 1 is 1.13 bits per heavy atom. The molecule has 0 aliphatic carbocycles. The van der Waals surface area contributed by atoms with E-state index < -0.39 is 0 Å². The van der Waals surface area contributed by atoms with Gasteiger partial charge >= 0.3 is 0 Å². The van der Waals surface area contributed by atoms with E-state index in [4.69, 9.17) is 4.74 Å². The van der Waals surface area contributed by atoms with Gasteiger partial charge in [-0.2, -0.15) is 0 Å². The van der Waals surface area contributed by atoms with Crippen LogP contribution in [-0.2, 0) is 11.3 Å². The lowest BCUT2D eigenvalue weighted by molar-refractivity contribution is -0.113. The number of aryl methyl sites for hydroxylation is 3. The summed E-state index contributed by atoms with van der Waals surface area (Å²) >= 11 is 1.38. The number of rotatable bonds is 8. The highest BCUT2D eigenvalue weighted by Gasteiger charge is 2.20. The van der Waals surface area contributed by atoms with Gasteiger partial charge in [0.15, 0.2) is 17.1 Å². The molecule has 3 aromatic rings. The minimum absolute atomic E-state index is 0.0677. The van der Waals surface area contributed by atoms with Crippen LogP contribution in [0, 0.1) is 27.7 Å². The van der Waals surface area contributed by atoms with E-state index in [2.05, 4.69) is 41.5 Å². The summed E-state index contributed by atoms with van der Waals surface area (Å²) in [6.07, 6.45) is -0.258. The number of carbonyl (C=O) groups excluding carboxylic acids is 1. The average Bonchev–Trinajstić information content (AvgIpc) is 3.12. The van der Waals surface area contributed by atoms with Gasteiger partial charge < -0.3 is 14.6 Å². The second-order valence-electron chi connectivity index (χ2n) is 7.76. The molecule has 1 amide bonds. The van der Waals surface area contributed by atoms with Crippen LogP contribution in [0.5, 0.6) is 5.75 Å². The van der Waals surface area contributed by atoms with E-state index in [0.29, 0.717) is 11.7 Å². The van der Waals surface area contributed by atoms with E-state index in [-0.39, 0.29) is 17.8 Å². The number of benzene rings is 2. The Bertz CT molecular complexity index is 1060. The molecule has 0 bridgehead atoms. The molecule has 6 nitrogen and oxygen atoms in total. The Balaban J connectivity index is 1.66. The summed E-state index contributed by atoms with van der Waals surface area (Å²) in [5.41, 5.74) is 5.37. The molecule has 2 aromatic carbocycles. The summed E-state index contributed by atoms with van der Waals surface area (Å²) in [4.78, 5) is 12.4. The van der Waals surface area contributed by atoms with Crippen molar-refractivity contribution in [2.75, 3.05) is 11.1 Å². The van der Waals surface area contributed by atoms with Crippen molar-refractivity contribution < 1.29 is 9.53 Å². The standard InChI is InChI=1S/C24H30N4O2S/c1-7-28-23(19(6)30-21-10-8-9-17(4)18(21)5)26-27-24(28)31-14-22(29)25-20-12-15(2)11-16(3)13-20/h8-13,19H,7,14H2,1-6H3,(H,25,29). The normalized spacial score (nSPS) is 11.9. The highest BCUT2D eigenvalue weighted by atomic mass is 32.2. The van der Waals surface area contributed by atoms with Gasteiger partial charge in [-0.3, -0.25) is 4.79 Å². The molecule has 1 N–H and O–H groups in total. The number of nitrogens with zero attached hydrogens (tertiary/aromatic N) is 3. The first-order chi connectivity index (χ1) is 14.8. The molecule has 0 fully saturated rings. The smallest absolute Gasteiger partial charge is 0.234 e. The first-order valence-corrected chi connectivity index (χ1v) is 11.4. The molecule has 0 spiro atoms. The third kappa shape index (κ3) is 5.67. The molecule has 0 saturated carbocycles. The van der Waals surface area contributed by atoms with Crippen molar-refractivity contribution in [3.8, 4) is 5.75 Å². The number of anilines is 1. The van der Waals surface area contributed by atoms with E-state index in [1.807, 2.05) is 56.5 Å². The third-order valence-electron chi connectivity index (χ3n) is 5.12. The lowest BCUT2D eigenvalue weighted by Crippen LogP contribution is -2.15. The van der Waals surface area contributed by atoms with Gasteiger partial charge in [-0.15, -0.1) is 10.2 Å². The molecule has 1 unspecified atom stereocenters. The van der Waals surface area contributed by atoms with E-state index in [1.165, 1.54) is 17.3 Å². The number of aromatic nitrogens is 3. The van der Waals surface area contributed by atoms with Crippen molar-refractivity contribution in [3.05, 3.63) is 64.5 Å². The van der Waals surface area contributed by atoms with Crippen LogP contribution in [-0.4, -0.2) is 26.4 Å². The van der Waals surface area contributed by atoms with Gasteiger partial charge in [0.05, 0.1) is 5.75 Å². The van der Waals surface area contributed by atoms with Crippen LogP contribution in [0.4, 0.5) is 5.69 Å². The molecule has 3 rings (SSSR count). The van der Waals surface area contributed by atoms with Crippen molar-refractivity contribution in [1.82, 2.24) is 14.8 Å². The number of nitrogens with one attached hydrogen (secondary N) is 1. The summed E-state index contributed by atoms with van der Waals surface area (Å²) in [5, 5.41) is 12.3. The minimum Gasteiger partial charge on any atom is -0.482 e. The Kier molecular flexibility index (Phi) is 7.38. The largest absolute Gasteiger partial charge is 0.482 e. The topological polar surface area (TPSA) is 69.0 Å². The van der Waals surface area contributed by atoms with Crippen molar-refractivity contribution >= 4 is 23.4 Å². The van der Waals surface area contributed by atoms with Gasteiger partial charge in [-0.1, -0.05) is 30.0 Å². The van der Waals surface area contributed by atoms with E-state index in [9.17, 15) is 4.79 Å². The fourth-order valence-electron chi connectivity index (χ4n) is 3.47. The van der Waals surface area contributed by atoms with Gasteiger partial charge in [-0.25, -0.2) is 0 Å². The highest BCUT2D eigenvalue weighted by molar-refractivity contribution is 7.99. The molecule has 31 heavy (non-hydrogen) atoms. The van der Waals surface area contributed by atoms with Crippen LogP contribution in [0.15, 0.2) is 41.6 Å². The molecule has 164 valence electrons. The summed E-state index contributed by atoms with van der Waals surface area (Å²) in [6, 6.07) is 12.0. The quantitative estimate of drug-likeness (QED) is 0.477. The fraction of sp³-hybridized carbons (Fsp3) is 0.375. The van der Waals surface area contributed by atoms with Crippen LogP contribution in [0.1, 0.15) is 48.0 Å². The third-order valence-corrected chi connectivity index (χ3v) is 6.09. The van der Waals surface area contributed by atoms with Gasteiger partial charge in [0.25, 0.3) is 0 Å². The van der Waals surface area contributed by atoms with Gasteiger partial charge in [0.2, 0.25) is 5.91 Å². The zero-order valence-electron chi connectivity index (χ0n) is 19.0. The molecular formula is C24H30N4O2S. The molecule has 1 aromatic heterocycles. The Hall–Kier alpha value is -2.80. The Morgan fingerprint density at radius 2 is 1.84 bits per heavy atom. The van der Waals surface area contributed by atoms with Crippen LogP contribution in [0.3, 0.4) is 0 Å². The summed E-state index contributed by atoms with van der Waals surface area (Å²) in [5.74, 6) is 1.79. The zero-order chi connectivity index (χ0) is 22.5. The number of thioether (sulfide) groups is 1. The predicted molar refractivity (Wildman–Crippen MR) is 126 cm³/mol. The zero-order valence-corrected chi connectivity index (χ0v) is 19.8. The summed E-state index contributed by atoms with van der Waals surface area (Å²) in [7, 11) is 0. The highest BCUT2D eigenvalue weighted by Crippen LogP contribution is 2.28. The molecule has 0 aliphatic heterocycles. The van der Waals surface area contributed by atoms with E-state index in [0.717, 1.165) is 34.0 Å². The second-order valence-corrected chi connectivity index (χ2v) is 8.70. The number of hydrogen-bond donors (Lipinski definition) is 1. The number of amides is 1. The molecule has 1 atom stereocenters. The van der Waals surface area contributed by atoms with Crippen molar-refractivity contribution in [2.24, 2.45) is 0 Å². The SMILES string of the molecule is CCn1c(SCC(=O)Nc2cc(C)cc(C)c2)nnc1C(C)Oc1cccc(C)c1C. The molecular weight excluding hydrogens is 408 g/mol. The molecule has 1 heterocycles. The summed E-state index contributed by atoms with van der Waals surface area (Å²) < 4.78 is 8.19. The maximum Gasteiger partial charge on any atom is 0.234 e. The van der Waals surface area contributed by atoms with Crippen molar-refractivity contribution in [1.29, 1.82) is 0 Å². The Labute approximate surface area is 188 Å². The lowest BCUT2D eigenvalue weighted by atomic mass is 10.1. The number of ether oxygens (including phenoxy) is 1. The van der Waals surface area contributed by atoms with Crippen LogP contribution >= 0.6 is 11.8 Å². The van der Waals surface area contributed by atoms with Crippen molar-refractivity contribution in [2.45, 2.75) is 59.3 Å². The van der Waals surface area contributed by atoms with E-state index >= 15 is 0 Å². The molecule has 0 aliphatic rings. The molecule has 7 heteroatoms. The van der Waals surface area contributed by atoms with Crippen LogP contribution < -0.4 is 10.1 Å². The van der Waals surface area contributed by atoms with Gasteiger partial charge in [-0.05, 0) is 82.0 Å². The van der Waals surface area contributed by atoms with Crippen LogP contribution in [0.25, 0.3) is 0 Å².